The van der Waals surface area contributed by atoms with Gasteiger partial charge in [0.25, 0.3) is 5.56 Å². The Morgan fingerprint density at radius 3 is 2.67 bits per heavy atom. The van der Waals surface area contributed by atoms with Crippen molar-refractivity contribution in [2.24, 2.45) is 5.92 Å². The second kappa shape index (κ2) is 11.5. The van der Waals surface area contributed by atoms with Crippen LogP contribution in [-0.4, -0.2) is 27.7 Å². The largest absolute Gasteiger partial charge is 0.497 e. The summed E-state index contributed by atoms with van der Waals surface area (Å²) in [6.45, 7) is 0.711. The number of fused-ring (bicyclic) bond motifs is 2. The third-order valence-electron chi connectivity index (χ3n) is 7.60. The highest BCUT2D eigenvalue weighted by Crippen LogP contribution is 2.31. The number of rotatable bonds is 7. The summed E-state index contributed by atoms with van der Waals surface area (Å²) in [6, 6.07) is 18.6. The van der Waals surface area contributed by atoms with Crippen LogP contribution in [0.2, 0.25) is 0 Å². The summed E-state index contributed by atoms with van der Waals surface area (Å²) < 4.78 is 7.92. The van der Waals surface area contributed by atoms with Crippen molar-refractivity contribution < 1.29 is 9.53 Å². The molecule has 1 fully saturated rings. The number of urea groups is 1. The predicted molar refractivity (Wildman–Crippen MR) is 161 cm³/mol. The summed E-state index contributed by atoms with van der Waals surface area (Å²) in [7, 11) is 1.58. The maximum absolute atomic E-state index is 13.3. The van der Waals surface area contributed by atoms with Crippen LogP contribution in [0.5, 0.6) is 5.75 Å². The fraction of sp³-hybridized carbons (Fsp3) is 0.290. The summed E-state index contributed by atoms with van der Waals surface area (Å²) in [5, 5.41) is 6.73. The number of hydrogen-bond donors (Lipinski definition) is 2. The van der Waals surface area contributed by atoms with E-state index in [1.807, 2.05) is 48.5 Å². The summed E-state index contributed by atoms with van der Waals surface area (Å²) in [6.07, 6.45) is 9.19. The number of methoxy groups -OCH3 is 1. The van der Waals surface area contributed by atoms with E-state index in [0.717, 1.165) is 27.8 Å². The lowest BCUT2D eigenvalue weighted by molar-refractivity contribution is 0.262. The Labute approximate surface area is 236 Å². The highest BCUT2D eigenvalue weighted by Gasteiger charge is 2.15. The van der Waals surface area contributed by atoms with Gasteiger partial charge in [0.2, 0.25) is 0 Å². The molecular formula is C31H31N5O3S. The van der Waals surface area contributed by atoms with Gasteiger partial charge in [-0.25, -0.2) is 14.8 Å². The van der Waals surface area contributed by atoms with Crippen molar-refractivity contribution in [1.29, 1.82) is 0 Å². The molecule has 0 spiro atoms. The fourth-order valence-electron chi connectivity index (χ4n) is 5.42. The van der Waals surface area contributed by atoms with Crippen LogP contribution in [0.4, 0.5) is 15.6 Å². The Hall–Kier alpha value is -4.24. The molecular weight excluding hydrogens is 522 g/mol. The second-order valence-electron chi connectivity index (χ2n) is 10.3. The molecule has 0 radical (unpaired) electrons. The molecule has 1 aliphatic carbocycles. The zero-order valence-corrected chi connectivity index (χ0v) is 23.2. The van der Waals surface area contributed by atoms with E-state index in [1.165, 1.54) is 43.4 Å². The Morgan fingerprint density at radius 2 is 1.82 bits per heavy atom. The van der Waals surface area contributed by atoms with E-state index in [2.05, 4.69) is 20.6 Å². The van der Waals surface area contributed by atoms with Gasteiger partial charge in [0.1, 0.15) is 5.75 Å². The number of nitrogens with one attached hydrogen (secondary N) is 2. The number of carbonyl (C=O) groups excluding carboxylic acids is 1. The first-order valence-electron chi connectivity index (χ1n) is 13.7. The zero-order chi connectivity index (χ0) is 27.5. The lowest BCUT2D eigenvalue weighted by Crippen LogP contribution is -2.22. The standard InChI is InChI=1S/C31H31N5O3S/c1-39-24-9-5-8-23(18-24)33-30(38)35-31-34-27-17-22(11-13-28(27)40-31)21-10-12-26-25(16-21)29(37)36(19-32-26)15-14-20-6-3-2-4-7-20/h5,8-13,16-20H,2-4,6-7,14-15H2,1H3,(H2,33,34,35,38). The Morgan fingerprint density at radius 1 is 1.00 bits per heavy atom. The predicted octanol–water partition coefficient (Wildman–Crippen LogP) is 7.30. The van der Waals surface area contributed by atoms with Crippen LogP contribution < -0.4 is 20.9 Å². The van der Waals surface area contributed by atoms with Crippen LogP contribution in [-0.2, 0) is 6.54 Å². The molecule has 0 saturated heterocycles. The molecule has 2 N–H and O–H groups in total. The normalized spacial score (nSPS) is 13.9. The number of benzene rings is 3. The average molecular weight is 554 g/mol. The van der Waals surface area contributed by atoms with Crippen molar-refractivity contribution in [2.75, 3.05) is 17.7 Å². The molecule has 8 nitrogen and oxygen atoms in total. The average Bonchev–Trinajstić information content (AvgIpc) is 3.38. The number of anilines is 2. The smallest absolute Gasteiger partial charge is 0.325 e. The quantitative estimate of drug-likeness (QED) is 0.220. The first kappa shape index (κ1) is 26.0. The molecule has 6 rings (SSSR count). The van der Waals surface area contributed by atoms with Gasteiger partial charge in [-0.1, -0.05) is 61.6 Å². The molecule has 0 atom stereocenters. The van der Waals surface area contributed by atoms with Gasteiger partial charge in [-0.2, -0.15) is 0 Å². The number of aryl methyl sites for hydroxylation is 1. The van der Waals surface area contributed by atoms with Crippen molar-refractivity contribution in [3.05, 3.63) is 77.3 Å². The van der Waals surface area contributed by atoms with Crippen LogP contribution in [0.1, 0.15) is 38.5 Å². The minimum atomic E-state index is -0.380. The van der Waals surface area contributed by atoms with Gasteiger partial charge in [-0.15, -0.1) is 0 Å². The van der Waals surface area contributed by atoms with Crippen LogP contribution >= 0.6 is 11.3 Å². The van der Waals surface area contributed by atoms with E-state index in [-0.39, 0.29) is 11.6 Å². The molecule has 2 aromatic heterocycles. The number of nitrogens with zero attached hydrogens (tertiary/aromatic N) is 3. The number of aromatic nitrogens is 3. The molecule has 0 unspecified atom stereocenters. The molecule has 1 aliphatic rings. The summed E-state index contributed by atoms with van der Waals surface area (Å²) in [5.41, 5.74) is 3.98. The van der Waals surface area contributed by atoms with Crippen LogP contribution in [0.15, 0.2) is 71.8 Å². The summed E-state index contributed by atoms with van der Waals surface area (Å²) >= 11 is 1.40. The van der Waals surface area contributed by atoms with Crippen molar-refractivity contribution >= 4 is 49.3 Å². The zero-order valence-electron chi connectivity index (χ0n) is 22.4. The molecule has 0 bridgehead atoms. The monoisotopic (exact) mass is 553 g/mol. The van der Waals surface area contributed by atoms with Crippen LogP contribution in [0, 0.1) is 5.92 Å². The van der Waals surface area contributed by atoms with Crippen molar-refractivity contribution in [2.45, 2.75) is 45.1 Å². The van der Waals surface area contributed by atoms with E-state index in [4.69, 9.17) is 4.74 Å². The minimum absolute atomic E-state index is 0.00549. The van der Waals surface area contributed by atoms with Crippen molar-refractivity contribution in [3.8, 4) is 16.9 Å². The highest BCUT2D eigenvalue weighted by molar-refractivity contribution is 7.22. The van der Waals surface area contributed by atoms with Gasteiger partial charge in [-0.05, 0) is 59.9 Å². The number of amides is 2. The second-order valence-corrected chi connectivity index (χ2v) is 11.3. The molecule has 204 valence electrons. The van der Waals surface area contributed by atoms with Gasteiger partial charge in [0, 0.05) is 18.3 Å². The molecule has 5 aromatic rings. The number of ether oxygens (including phenoxy) is 1. The lowest BCUT2D eigenvalue weighted by atomic mass is 9.87. The van der Waals surface area contributed by atoms with E-state index >= 15 is 0 Å². The van der Waals surface area contributed by atoms with E-state index in [9.17, 15) is 9.59 Å². The number of hydrogen-bond acceptors (Lipinski definition) is 6. The molecule has 3 aromatic carbocycles. The fourth-order valence-corrected chi connectivity index (χ4v) is 6.26. The van der Waals surface area contributed by atoms with Crippen molar-refractivity contribution in [3.63, 3.8) is 0 Å². The third-order valence-corrected chi connectivity index (χ3v) is 8.55. The summed E-state index contributed by atoms with van der Waals surface area (Å²) in [5.74, 6) is 1.37. The van der Waals surface area contributed by atoms with Crippen LogP contribution in [0.3, 0.4) is 0 Å². The van der Waals surface area contributed by atoms with E-state index < -0.39 is 0 Å². The molecule has 40 heavy (non-hydrogen) atoms. The number of carbonyl (C=O) groups is 1. The Kier molecular flexibility index (Phi) is 7.46. The molecule has 2 amide bonds. The number of thiazole rings is 1. The Bertz CT molecular complexity index is 1740. The third kappa shape index (κ3) is 5.70. The van der Waals surface area contributed by atoms with Crippen LogP contribution in [0.25, 0.3) is 32.2 Å². The van der Waals surface area contributed by atoms with Gasteiger partial charge in [-0.3, -0.25) is 14.7 Å². The van der Waals surface area contributed by atoms with E-state index in [0.29, 0.717) is 39.9 Å². The minimum Gasteiger partial charge on any atom is -0.497 e. The van der Waals surface area contributed by atoms with Gasteiger partial charge < -0.3 is 10.1 Å². The highest BCUT2D eigenvalue weighted by atomic mass is 32.1. The molecule has 0 aliphatic heterocycles. The van der Waals surface area contributed by atoms with Gasteiger partial charge in [0.05, 0.1) is 34.6 Å². The SMILES string of the molecule is COc1cccc(NC(=O)Nc2nc3cc(-c4ccc5ncn(CCC6CCCCC6)c(=O)c5c4)ccc3s2)c1. The molecule has 1 saturated carbocycles. The first-order valence-corrected chi connectivity index (χ1v) is 14.5. The summed E-state index contributed by atoms with van der Waals surface area (Å²) in [4.78, 5) is 35.0. The lowest BCUT2D eigenvalue weighted by Gasteiger charge is -2.21. The maximum Gasteiger partial charge on any atom is 0.325 e. The topological polar surface area (TPSA) is 98.1 Å². The maximum atomic E-state index is 13.3. The van der Waals surface area contributed by atoms with E-state index in [1.54, 1.807) is 30.1 Å². The van der Waals surface area contributed by atoms with Crippen molar-refractivity contribution in [1.82, 2.24) is 14.5 Å². The first-order chi connectivity index (χ1) is 19.6. The molecule has 9 heteroatoms. The molecule has 2 heterocycles. The Balaban J connectivity index is 1.20. The van der Waals surface area contributed by atoms with Gasteiger partial charge >= 0.3 is 6.03 Å². The van der Waals surface area contributed by atoms with Gasteiger partial charge in [0.15, 0.2) is 5.13 Å².